The topological polar surface area (TPSA) is 93.6 Å². The standard InChI is InChI=1S/C21H20AsClFN3O4/c1-30-17-9-15-12(8-18(17)31-11-5-6-25-16(7-11)21(28)29)20(27-10-26-15)22-13-3-2-4-14(23)19(13)24/h2-4,8-11,16,22,25H,5-7H2,1H3,(H,28,29). The number of piperidine rings is 1. The predicted octanol–water partition coefficient (Wildman–Crippen LogP) is 1.40. The van der Waals surface area contributed by atoms with Crippen molar-refractivity contribution >= 4 is 53.1 Å². The fourth-order valence-electron chi connectivity index (χ4n) is 3.50. The Kier molecular flexibility index (Phi) is 6.60. The molecule has 0 bridgehead atoms. The van der Waals surface area contributed by atoms with Crippen LogP contribution in [0.25, 0.3) is 10.9 Å². The maximum atomic E-state index is 14.5. The number of methoxy groups -OCH3 is 1. The summed E-state index contributed by atoms with van der Waals surface area (Å²) in [6.07, 6.45) is 2.19. The first-order valence-corrected chi connectivity index (χ1v) is 12.1. The van der Waals surface area contributed by atoms with E-state index in [9.17, 15) is 14.3 Å². The number of fused-ring (bicyclic) bond motifs is 1. The summed E-state index contributed by atoms with van der Waals surface area (Å²) in [5.41, 5.74) is 0.661. The molecule has 2 aromatic carbocycles. The molecule has 0 spiro atoms. The number of nitrogens with zero attached hydrogens (tertiary/aromatic N) is 2. The minimum absolute atomic E-state index is 0.0872. The fourth-order valence-corrected chi connectivity index (χ4v) is 6.23. The van der Waals surface area contributed by atoms with E-state index in [1.807, 2.05) is 0 Å². The molecule has 0 saturated carbocycles. The Morgan fingerprint density at radius 3 is 2.94 bits per heavy atom. The summed E-state index contributed by atoms with van der Waals surface area (Å²) in [6.45, 7) is 0.548. The first kappa shape index (κ1) is 21.8. The molecule has 0 aliphatic carbocycles. The molecular formula is C21H20AsClFN3O4. The normalized spacial score (nSPS) is 19.1. The Balaban J connectivity index is 1.68. The Labute approximate surface area is 189 Å². The fraction of sp³-hybridized carbons (Fsp3) is 0.286. The maximum absolute atomic E-state index is 14.5. The van der Waals surface area contributed by atoms with Crippen LogP contribution in [0.4, 0.5) is 4.39 Å². The van der Waals surface area contributed by atoms with E-state index in [4.69, 9.17) is 21.1 Å². The van der Waals surface area contributed by atoms with E-state index in [0.29, 0.717) is 40.8 Å². The van der Waals surface area contributed by atoms with Crippen molar-refractivity contribution in [3.05, 3.63) is 47.5 Å². The number of nitrogens with one attached hydrogen (secondary N) is 1. The summed E-state index contributed by atoms with van der Waals surface area (Å²) in [4.78, 5) is 20.0. The van der Waals surface area contributed by atoms with Crippen LogP contribution in [0.3, 0.4) is 0 Å². The van der Waals surface area contributed by atoms with E-state index < -0.39 is 33.6 Å². The molecule has 0 amide bonds. The molecule has 31 heavy (non-hydrogen) atoms. The molecule has 3 unspecified atom stereocenters. The molecule has 1 saturated heterocycles. The van der Waals surface area contributed by atoms with Gasteiger partial charge in [-0.05, 0) is 0 Å². The van der Waals surface area contributed by atoms with Gasteiger partial charge in [0.15, 0.2) is 0 Å². The third-order valence-electron chi connectivity index (χ3n) is 5.07. The van der Waals surface area contributed by atoms with Gasteiger partial charge in [0.1, 0.15) is 0 Å². The Morgan fingerprint density at radius 2 is 2.16 bits per heavy atom. The van der Waals surface area contributed by atoms with Gasteiger partial charge in [-0.25, -0.2) is 0 Å². The molecule has 0 radical (unpaired) electrons. The van der Waals surface area contributed by atoms with Crippen molar-refractivity contribution < 1.29 is 23.8 Å². The van der Waals surface area contributed by atoms with Crippen LogP contribution in [-0.4, -0.2) is 62.6 Å². The molecule has 1 aliphatic rings. The summed E-state index contributed by atoms with van der Waals surface area (Å²) in [5.74, 6) is -0.338. The summed E-state index contributed by atoms with van der Waals surface area (Å²) in [5, 5.41) is 13.1. The van der Waals surface area contributed by atoms with Crippen LogP contribution in [0.5, 0.6) is 11.5 Å². The van der Waals surface area contributed by atoms with Gasteiger partial charge in [0.2, 0.25) is 0 Å². The average molecular weight is 508 g/mol. The van der Waals surface area contributed by atoms with Gasteiger partial charge in [-0.1, -0.05) is 0 Å². The number of carboxylic acids is 1. The summed E-state index contributed by atoms with van der Waals surface area (Å²) < 4.78 is 27.4. The van der Waals surface area contributed by atoms with Gasteiger partial charge in [-0.2, -0.15) is 0 Å². The molecule has 10 heteroatoms. The van der Waals surface area contributed by atoms with Crippen LogP contribution in [0, 0.1) is 5.82 Å². The first-order chi connectivity index (χ1) is 15.0. The van der Waals surface area contributed by atoms with E-state index >= 15 is 0 Å². The third-order valence-corrected chi connectivity index (χ3v) is 8.07. The van der Waals surface area contributed by atoms with Crippen LogP contribution < -0.4 is 23.6 Å². The van der Waals surface area contributed by atoms with Crippen molar-refractivity contribution in [1.82, 2.24) is 15.3 Å². The van der Waals surface area contributed by atoms with Crippen LogP contribution in [0.15, 0.2) is 36.7 Å². The second kappa shape index (κ2) is 9.38. The molecule has 1 fully saturated rings. The minimum atomic E-state index is -1.13. The molecule has 2 heterocycles. The molecular weight excluding hydrogens is 488 g/mol. The quantitative estimate of drug-likeness (QED) is 0.487. The van der Waals surface area contributed by atoms with Gasteiger partial charge in [0.25, 0.3) is 0 Å². The number of ether oxygens (including phenoxy) is 2. The molecule has 4 rings (SSSR count). The van der Waals surface area contributed by atoms with E-state index in [1.165, 1.54) is 19.5 Å². The number of carbonyl (C=O) groups is 1. The number of carboxylic acid groups (broad SMARTS) is 1. The van der Waals surface area contributed by atoms with Crippen LogP contribution in [0.2, 0.25) is 5.02 Å². The number of aromatic nitrogens is 2. The Bertz CT molecular complexity index is 1130. The molecule has 162 valence electrons. The van der Waals surface area contributed by atoms with E-state index in [1.54, 1.807) is 24.3 Å². The zero-order valence-electron chi connectivity index (χ0n) is 16.6. The number of aliphatic carboxylic acids is 1. The van der Waals surface area contributed by atoms with Crippen LogP contribution in [0.1, 0.15) is 12.8 Å². The van der Waals surface area contributed by atoms with E-state index in [0.717, 1.165) is 9.87 Å². The van der Waals surface area contributed by atoms with Gasteiger partial charge in [0, 0.05) is 0 Å². The second-order valence-corrected chi connectivity index (χ2v) is 10.1. The third kappa shape index (κ3) is 4.76. The number of halogens is 2. The molecule has 7 nitrogen and oxygen atoms in total. The molecule has 1 aromatic heterocycles. The van der Waals surface area contributed by atoms with Gasteiger partial charge in [0.05, 0.1) is 0 Å². The first-order valence-electron chi connectivity index (χ1n) is 9.63. The summed E-state index contributed by atoms with van der Waals surface area (Å²) in [6, 6.07) is 7.87. The Hall–Kier alpha value is -2.41. The zero-order chi connectivity index (χ0) is 22.0. The second-order valence-electron chi connectivity index (χ2n) is 7.08. The van der Waals surface area contributed by atoms with Crippen molar-refractivity contribution in [3.8, 4) is 11.5 Å². The van der Waals surface area contributed by atoms with Crippen molar-refractivity contribution in [3.63, 3.8) is 0 Å². The molecule has 1 aliphatic heterocycles. The number of benzene rings is 2. The summed E-state index contributed by atoms with van der Waals surface area (Å²) >= 11 is 4.80. The monoisotopic (exact) mass is 507 g/mol. The Morgan fingerprint density at radius 1 is 1.32 bits per heavy atom. The number of rotatable bonds is 6. The van der Waals surface area contributed by atoms with E-state index in [-0.39, 0.29) is 11.1 Å². The zero-order valence-corrected chi connectivity index (χ0v) is 19.4. The van der Waals surface area contributed by atoms with Gasteiger partial charge >= 0.3 is 190 Å². The van der Waals surface area contributed by atoms with Gasteiger partial charge in [-0.15, -0.1) is 0 Å². The number of hydrogen-bond donors (Lipinski definition) is 2. The average Bonchev–Trinajstić information content (AvgIpc) is 2.77. The molecule has 3 aromatic rings. The number of hydrogen-bond acceptors (Lipinski definition) is 6. The van der Waals surface area contributed by atoms with Crippen LogP contribution >= 0.6 is 11.6 Å². The van der Waals surface area contributed by atoms with Gasteiger partial charge in [-0.3, -0.25) is 0 Å². The van der Waals surface area contributed by atoms with Crippen LogP contribution in [-0.2, 0) is 4.79 Å². The summed E-state index contributed by atoms with van der Waals surface area (Å²) in [7, 11) is 1.54. The molecule has 2 N–H and O–H groups in total. The van der Waals surface area contributed by atoms with E-state index in [2.05, 4.69) is 15.3 Å². The SMILES string of the molecule is COc1cc2ncnc([AsH]c3cccc(Cl)c3F)c2cc1OC1CCNC(C(=O)O)C1. The van der Waals surface area contributed by atoms with Crippen molar-refractivity contribution in [2.75, 3.05) is 13.7 Å². The van der Waals surface area contributed by atoms with Crippen molar-refractivity contribution in [1.29, 1.82) is 0 Å². The van der Waals surface area contributed by atoms with Crippen molar-refractivity contribution in [2.45, 2.75) is 25.0 Å². The van der Waals surface area contributed by atoms with Gasteiger partial charge < -0.3 is 0 Å². The molecule has 3 atom stereocenters. The predicted molar refractivity (Wildman–Crippen MR) is 117 cm³/mol. The van der Waals surface area contributed by atoms with Crippen molar-refractivity contribution in [2.24, 2.45) is 0 Å².